The number of benzene rings is 1. The van der Waals surface area contributed by atoms with E-state index in [1.165, 1.54) is 5.56 Å². The third-order valence-corrected chi connectivity index (χ3v) is 5.92. The molecule has 0 atom stereocenters. The van der Waals surface area contributed by atoms with Crippen LogP contribution in [0.2, 0.25) is 5.02 Å². The van der Waals surface area contributed by atoms with Crippen LogP contribution in [0.15, 0.2) is 55.1 Å². The average molecular weight is 413 g/mol. The first-order valence-corrected chi connectivity index (χ1v) is 10.4. The zero-order valence-electron chi connectivity index (χ0n) is 16.1. The van der Waals surface area contributed by atoms with Gasteiger partial charge in [-0.25, -0.2) is 19.5 Å². The molecule has 6 nitrogen and oxygen atoms in total. The third-order valence-electron chi connectivity index (χ3n) is 5.67. The summed E-state index contributed by atoms with van der Waals surface area (Å²) in [7, 11) is 0. The van der Waals surface area contributed by atoms with E-state index in [-0.39, 0.29) is 0 Å². The molecule has 0 N–H and O–H groups in total. The summed E-state index contributed by atoms with van der Waals surface area (Å²) in [5.41, 5.74) is 7.08. The molecule has 30 heavy (non-hydrogen) atoms. The van der Waals surface area contributed by atoms with Gasteiger partial charge in [-0.2, -0.15) is 0 Å². The Morgan fingerprint density at radius 1 is 0.867 bits per heavy atom. The molecule has 0 saturated carbocycles. The van der Waals surface area contributed by atoms with E-state index in [2.05, 4.69) is 27.2 Å². The second-order valence-corrected chi connectivity index (χ2v) is 7.95. The second kappa shape index (κ2) is 6.85. The first-order chi connectivity index (χ1) is 14.8. The molecule has 7 heteroatoms. The molecule has 0 saturated heterocycles. The molecule has 0 aliphatic heterocycles. The molecular formula is C23H17ClN6. The van der Waals surface area contributed by atoms with Gasteiger partial charge in [0.25, 0.3) is 0 Å². The van der Waals surface area contributed by atoms with Crippen LogP contribution in [-0.2, 0) is 12.8 Å². The molecule has 146 valence electrons. The molecule has 0 amide bonds. The molecule has 4 heterocycles. The fourth-order valence-corrected chi connectivity index (χ4v) is 4.40. The molecule has 0 fully saturated rings. The molecule has 6 rings (SSSR count). The normalized spacial score (nSPS) is 13.6. The number of nitrogens with zero attached hydrogens (tertiary/aromatic N) is 6. The van der Waals surface area contributed by atoms with E-state index in [9.17, 15) is 0 Å². The van der Waals surface area contributed by atoms with Crippen molar-refractivity contribution in [1.29, 1.82) is 0 Å². The Bertz CT molecular complexity index is 1390. The highest BCUT2D eigenvalue weighted by molar-refractivity contribution is 6.30. The van der Waals surface area contributed by atoms with Gasteiger partial charge < -0.3 is 0 Å². The highest BCUT2D eigenvalue weighted by Crippen LogP contribution is 2.38. The highest BCUT2D eigenvalue weighted by Gasteiger charge is 2.23. The van der Waals surface area contributed by atoms with Gasteiger partial charge in [0.1, 0.15) is 6.33 Å². The predicted molar refractivity (Wildman–Crippen MR) is 116 cm³/mol. The van der Waals surface area contributed by atoms with E-state index in [0.29, 0.717) is 11.5 Å². The van der Waals surface area contributed by atoms with Crippen LogP contribution < -0.4 is 0 Å². The zero-order chi connectivity index (χ0) is 20.1. The molecule has 5 aromatic rings. The minimum atomic E-state index is 0.645. The number of halogens is 1. The summed E-state index contributed by atoms with van der Waals surface area (Å²) in [4.78, 5) is 18.5. The van der Waals surface area contributed by atoms with E-state index < -0.39 is 0 Å². The number of aromatic nitrogens is 6. The first-order valence-electron chi connectivity index (χ1n) is 10.0. The quantitative estimate of drug-likeness (QED) is 0.411. The Morgan fingerprint density at radius 3 is 2.50 bits per heavy atom. The highest BCUT2D eigenvalue weighted by atomic mass is 35.5. The van der Waals surface area contributed by atoms with Crippen LogP contribution in [-0.4, -0.2) is 29.5 Å². The van der Waals surface area contributed by atoms with Crippen molar-refractivity contribution in [3.63, 3.8) is 0 Å². The number of aryl methyl sites for hydroxylation is 1. The summed E-state index contributed by atoms with van der Waals surface area (Å²) < 4.78 is 1.74. The average Bonchev–Trinajstić information content (AvgIpc) is 3.23. The van der Waals surface area contributed by atoms with Gasteiger partial charge in [0, 0.05) is 34.2 Å². The van der Waals surface area contributed by atoms with Crippen LogP contribution >= 0.6 is 11.6 Å². The van der Waals surface area contributed by atoms with Crippen LogP contribution in [0.3, 0.4) is 0 Å². The predicted octanol–water partition coefficient (Wildman–Crippen LogP) is 4.93. The standard InChI is InChI=1S/C23H17ClN6/c24-16-7-5-14(6-8-16)19-17-3-1-2-4-18(17)27-22-20(19)23-28-21(29-30(23)13-26-22)15-9-11-25-12-10-15/h5-13H,1-4H2. The Morgan fingerprint density at radius 2 is 1.67 bits per heavy atom. The summed E-state index contributed by atoms with van der Waals surface area (Å²) >= 11 is 6.17. The fraction of sp³-hybridized carbons (Fsp3) is 0.174. The largest absolute Gasteiger partial charge is 0.265 e. The van der Waals surface area contributed by atoms with Gasteiger partial charge in [-0.05, 0) is 61.1 Å². The molecule has 0 bridgehead atoms. The molecule has 1 aliphatic carbocycles. The van der Waals surface area contributed by atoms with Crippen molar-refractivity contribution >= 4 is 28.3 Å². The second-order valence-electron chi connectivity index (χ2n) is 7.51. The first kappa shape index (κ1) is 17.5. The lowest BCUT2D eigenvalue weighted by molar-refractivity contribution is 0.671. The summed E-state index contributed by atoms with van der Waals surface area (Å²) in [6, 6.07) is 11.8. The molecule has 1 aromatic carbocycles. The van der Waals surface area contributed by atoms with Gasteiger partial charge in [0.15, 0.2) is 17.1 Å². The molecule has 0 unspecified atom stereocenters. The minimum absolute atomic E-state index is 0.645. The van der Waals surface area contributed by atoms with Crippen molar-refractivity contribution in [2.24, 2.45) is 0 Å². The molecular weight excluding hydrogens is 396 g/mol. The Balaban J connectivity index is 1.71. The number of rotatable bonds is 2. The molecule has 1 aliphatic rings. The van der Waals surface area contributed by atoms with E-state index in [1.54, 1.807) is 23.2 Å². The summed E-state index contributed by atoms with van der Waals surface area (Å²) in [6.45, 7) is 0. The van der Waals surface area contributed by atoms with Gasteiger partial charge in [-0.1, -0.05) is 23.7 Å². The molecule has 4 aromatic heterocycles. The molecule has 0 spiro atoms. The van der Waals surface area contributed by atoms with Gasteiger partial charge in [0.2, 0.25) is 0 Å². The van der Waals surface area contributed by atoms with Crippen LogP contribution in [0.5, 0.6) is 0 Å². The Hall–Kier alpha value is -3.38. The van der Waals surface area contributed by atoms with Gasteiger partial charge in [-0.15, -0.1) is 5.10 Å². The number of hydrogen-bond donors (Lipinski definition) is 0. The Kier molecular flexibility index (Phi) is 3.99. The van der Waals surface area contributed by atoms with E-state index in [1.807, 2.05) is 24.3 Å². The molecule has 0 radical (unpaired) electrons. The van der Waals surface area contributed by atoms with Crippen LogP contribution in [0, 0.1) is 0 Å². The van der Waals surface area contributed by atoms with Crippen LogP contribution in [0.4, 0.5) is 0 Å². The lowest BCUT2D eigenvalue weighted by atomic mass is 9.87. The smallest absolute Gasteiger partial charge is 0.182 e. The van der Waals surface area contributed by atoms with Gasteiger partial charge in [0.05, 0.1) is 5.39 Å². The lowest BCUT2D eigenvalue weighted by Crippen LogP contribution is -2.09. The lowest BCUT2D eigenvalue weighted by Gasteiger charge is -2.20. The topological polar surface area (TPSA) is 68.9 Å². The fourth-order valence-electron chi connectivity index (χ4n) is 4.28. The van der Waals surface area contributed by atoms with Crippen molar-refractivity contribution in [3.05, 3.63) is 71.4 Å². The monoisotopic (exact) mass is 412 g/mol. The SMILES string of the molecule is Clc1ccc(-c2c3c(nc4ncn5nc(-c6ccncc6)nc5c24)CCCC3)cc1. The van der Waals surface area contributed by atoms with Crippen molar-refractivity contribution < 1.29 is 0 Å². The maximum absolute atomic E-state index is 6.17. The van der Waals surface area contributed by atoms with E-state index in [4.69, 9.17) is 21.6 Å². The van der Waals surface area contributed by atoms with Crippen molar-refractivity contribution in [2.45, 2.75) is 25.7 Å². The van der Waals surface area contributed by atoms with Crippen molar-refractivity contribution in [2.75, 3.05) is 0 Å². The van der Waals surface area contributed by atoms with Crippen LogP contribution in [0.25, 0.3) is 39.2 Å². The maximum Gasteiger partial charge on any atom is 0.182 e. The summed E-state index contributed by atoms with van der Waals surface area (Å²) in [5, 5.41) is 6.32. The number of pyridine rings is 2. The summed E-state index contributed by atoms with van der Waals surface area (Å²) in [6.07, 6.45) is 9.49. The summed E-state index contributed by atoms with van der Waals surface area (Å²) in [5.74, 6) is 0.645. The van der Waals surface area contributed by atoms with Gasteiger partial charge in [-0.3, -0.25) is 4.98 Å². The third kappa shape index (κ3) is 2.75. The Labute approximate surface area is 177 Å². The number of hydrogen-bond acceptors (Lipinski definition) is 5. The number of fused-ring (bicyclic) bond motifs is 4. The van der Waals surface area contributed by atoms with Crippen LogP contribution in [0.1, 0.15) is 24.1 Å². The van der Waals surface area contributed by atoms with E-state index >= 15 is 0 Å². The maximum atomic E-state index is 6.17. The van der Waals surface area contributed by atoms with E-state index in [0.717, 1.165) is 64.1 Å². The minimum Gasteiger partial charge on any atom is -0.265 e. The van der Waals surface area contributed by atoms with Crippen molar-refractivity contribution in [3.8, 4) is 22.5 Å². The zero-order valence-corrected chi connectivity index (χ0v) is 16.8. The van der Waals surface area contributed by atoms with Gasteiger partial charge >= 0.3 is 0 Å². The van der Waals surface area contributed by atoms with Crippen molar-refractivity contribution in [1.82, 2.24) is 29.5 Å².